The van der Waals surface area contributed by atoms with Gasteiger partial charge in [-0.25, -0.2) is 9.59 Å². The highest BCUT2D eigenvalue weighted by Gasteiger charge is 2.27. The van der Waals surface area contributed by atoms with Crippen molar-refractivity contribution in [1.82, 2.24) is 5.32 Å². The maximum absolute atomic E-state index is 12.1. The monoisotopic (exact) mass is 454 g/mol. The van der Waals surface area contributed by atoms with Gasteiger partial charge in [-0.3, -0.25) is 0 Å². The molecule has 1 aliphatic carbocycles. The lowest BCUT2D eigenvalue weighted by Crippen LogP contribution is -2.40. The molecule has 3 rings (SSSR count). The highest BCUT2D eigenvalue weighted by Crippen LogP contribution is 2.41. The molecule has 2 aromatic rings. The van der Waals surface area contributed by atoms with Gasteiger partial charge < -0.3 is 25.6 Å². The minimum absolute atomic E-state index is 0.00647. The van der Waals surface area contributed by atoms with Crippen LogP contribution in [-0.2, 0) is 11.2 Å². The lowest BCUT2D eigenvalue weighted by Gasteiger charge is -2.31. The number of carbonyl (C=O) groups excluding carboxylic acids is 2. The van der Waals surface area contributed by atoms with E-state index in [0.29, 0.717) is 18.1 Å². The fourth-order valence-corrected chi connectivity index (χ4v) is 4.39. The van der Waals surface area contributed by atoms with Crippen LogP contribution in [0.1, 0.15) is 63.5 Å². The van der Waals surface area contributed by atoms with Gasteiger partial charge >= 0.3 is 12.2 Å². The maximum Gasteiger partial charge on any atom is 0.409 e. The molecule has 2 aromatic carbocycles. The summed E-state index contributed by atoms with van der Waals surface area (Å²) >= 11 is 0. The van der Waals surface area contributed by atoms with Crippen molar-refractivity contribution in [3.05, 3.63) is 53.6 Å². The quantitative estimate of drug-likeness (QED) is 0.575. The molecule has 1 saturated carbocycles. The van der Waals surface area contributed by atoms with Crippen LogP contribution >= 0.6 is 0 Å². The number of rotatable bonds is 6. The fourth-order valence-electron chi connectivity index (χ4n) is 4.39. The Morgan fingerprint density at radius 2 is 1.76 bits per heavy atom. The summed E-state index contributed by atoms with van der Waals surface area (Å²) in [5.74, 6) is 0.706. The van der Waals surface area contributed by atoms with Gasteiger partial charge in [-0.2, -0.15) is 0 Å². The summed E-state index contributed by atoms with van der Waals surface area (Å²) in [6, 6.07) is 13.8. The van der Waals surface area contributed by atoms with Crippen molar-refractivity contribution in [3.8, 4) is 16.9 Å². The van der Waals surface area contributed by atoms with Crippen LogP contribution in [0.3, 0.4) is 0 Å². The van der Waals surface area contributed by atoms with E-state index in [1.165, 1.54) is 5.56 Å². The number of primary amides is 1. The summed E-state index contributed by atoms with van der Waals surface area (Å²) in [6.07, 6.45) is 2.78. The molecule has 0 heterocycles. The predicted octanol–water partition coefficient (Wildman–Crippen LogP) is 4.90. The Balaban J connectivity index is 1.78. The van der Waals surface area contributed by atoms with Gasteiger partial charge in [0.05, 0.1) is 0 Å². The van der Waals surface area contributed by atoms with Gasteiger partial charge in [0, 0.05) is 18.2 Å². The Hall–Kier alpha value is -3.06. The largest absolute Gasteiger partial charge is 0.444 e. The van der Waals surface area contributed by atoms with Crippen molar-refractivity contribution in [1.29, 1.82) is 0 Å². The van der Waals surface area contributed by atoms with E-state index in [1.807, 2.05) is 51.1 Å². The van der Waals surface area contributed by atoms with Crippen molar-refractivity contribution < 1.29 is 24.2 Å². The third-order valence-corrected chi connectivity index (χ3v) is 5.80. The summed E-state index contributed by atoms with van der Waals surface area (Å²) in [7, 11) is 0. The minimum Gasteiger partial charge on any atom is -0.444 e. The van der Waals surface area contributed by atoms with E-state index < -0.39 is 11.7 Å². The number of aliphatic hydroxyl groups excluding tert-OH is 1. The number of alkyl carbamates (subject to hydrolysis) is 1. The van der Waals surface area contributed by atoms with E-state index in [2.05, 4.69) is 11.4 Å². The van der Waals surface area contributed by atoms with Crippen molar-refractivity contribution in [3.63, 3.8) is 0 Å². The Morgan fingerprint density at radius 1 is 1.06 bits per heavy atom. The lowest BCUT2D eigenvalue weighted by molar-refractivity contribution is 0.0491. The number of aliphatic hydroxyl groups is 1. The molecule has 4 N–H and O–H groups in total. The second-order valence-electron chi connectivity index (χ2n) is 9.51. The number of ether oxygens (including phenoxy) is 2. The molecule has 0 aliphatic heterocycles. The Morgan fingerprint density at radius 3 is 2.39 bits per heavy atom. The second-order valence-corrected chi connectivity index (χ2v) is 9.51. The highest BCUT2D eigenvalue weighted by atomic mass is 16.6. The molecule has 0 bridgehead atoms. The average Bonchev–Trinajstić information content (AvgIpc) is 2.73. The van der Waals surface area contributed by atoms with Crippen LogP contribution in [0.5, 0.6) is 5.75 Å². The van der Waals surface area contributed by atoms with Crippen LogP contribution in [0.15, 0.2) is 42.5 Å². The van der Waals surface area contributed by atoms with Crippen LogP contribution in [0, 0.1) is 0 Å². The summed E-state index contributed by atoms with van der Waals surface area (Å²) in [6.45, 7) is 5.57. The van der Waals surface area contributed by atoms with Crippen LogP contribution in [0.25, 0.3) is 11.1 Å². The van der Waals surface area contributed by atoms with Gasteiger partial charge in [0.25, 0.3) is 0 Å². The minimum atomic E-state index is -0.872. The van der Waals surface area contributed by atoms with Crippen molar-refractivity contribution in [2.75, 3.05) is 6.61 Å². The zero-order valence-electron chi connectivity index (χ0n) is 19.6. The molecule has 0 radical (unpaired) electrons. The lowest BCUT2D eigenvalue weighted by atomic mass is 9.79. The van der Waals surface area contributed by atoms with E-state index >= 15 is 0 Å². The molecule has 2 amide bonds. The number of amides is 2. The number of hydrogen-bond donors (Lipinski definition) is 3. The first-order chi connectivity index (χ1) is 15.7. The number of carbonyl (C=O) groups is 2. The molecule has 178 valence electrons. The average molecular weight is 455 g/mol. The van der Waals surface area contributed by atoms with E-state index in [0.717, 1.165) is 42.4 Å². The number of nitrogens with one attached hydrogen (secondary N) is 1. The normalized spacial score (nSPS) is 18.4. The summed E-state index contributed by atoms with van der Waals surface area (Å²) < 4.78 is 10.7. The zero-order chi connectivity index (χ0) is 24.0. The highest BCUT2D eigenvalue weighted by molar-refractivity contribution is 5.78. The zero-order valence-corrected chi connectivity index (χ0v) is 19.6. The fraction of sp³-hybridized carbons (Fsp3) is 0.462. The Labute approximate surface area is 195 Å². The summed E-state index contributed by atoms with van der Waals surface area (Å²) in [5, 5.41) is 12.2. The van der Waals surface area contributed by atoms with Gasteiger partial charge in [0.1, 0.15) is 11.4 Å². The van der Waals surface area contributed by atoms with Gasteiger partial charge in [-0.05, 0) is 81.5 Å². The third kappa shape index (κ3) is 6.96. The molecule has 0 spiro atoms. The van der Waals surface area contributed by atoms with Crippen molar-refractivity contribution in [2.45, 2.75) is 70.4 Å². The number of hydrogen-bond acceptors (Lipinski definition) is 5. The summed E-state index contributed by atoms with van der Waals surface area (Å²) in [4.78, 5) is 23.6. The van der Waals surface area contributed by atoms with Crippen LogP contribution in [-0.4, -0.2) is 35.5 Å². The molecule has 0 unspecified atom stereocenters. The third-order valence-electron chi connectivity index (χ3n) is 5.80. The second kappa shape index (κ2) is 10.7. The van der Waals surface area contributed by atoms with Gasteiger partial charge in [0.2, 0.25) is 0 Å². The topological polar surface area (TPSA) is 111 Å². The number of nitrogens with two attached hydrogens (primary N) is 1. The Bertz CT molecular complexity index is 975. The van der Waals surface area contributed by atoms with Crippen molar-refractivity contribution >= 4 is 12.2 Å². The van der Waals surface area contributed by atoms with Gasteiger partial charge in [0.15, 0.2) is 0 Å². The standard InChI is InChI=1S/C26H34N2O5/c1-26(2,3)33-25(31)28-19-11-9-18(10-12-19)20-6-4-5-7-21(20)22-13-8-17(14-15-29)16-23(22)32-24(27)30/h4-8,13,16,18-19,29H,9-12,14-15H2,1-3H3,(H2,27,30)(H,28,31). The SMILES string of the molecule is CC(C)(C)OC(=O)NC1CCC(c2ccccc2-c2ccc(CCO)cc2OC(N)=O)CC1. The maximum atomic E-state index is 12.1. The molecule has 1 aliphatic rings. The molecule has 0 aromatic heterocycles. The first-order valence-electron chi connectivity index (χ1n) is 11.5. The van der Waals surface area contributed by atoms with E-state index in [4.69, 9.17) is 15.2 Å². The molecule has 1 fully saturated rings. The van der Waals surface area contributed by atoms with Crippen LogP contribution < -0.4 is 15.8 Å². The molecular weight excluding hydrogens is 420 g/mol. The first kappa shape index (κ1) is 24.6. The van der Waals surface area contributed by atoms with E-state index in [1.54, 1.807) is 6.07 Å². The first-order valence-corrected chi connectivity index (χ1v) is 11.5. The van der Waals surface area contributed by atoms with Crippen LogP contribution in [0.4, 0.5) is 9.59 Å². The molecule has 33 heavy (non-hydrogen) atoms. The summed E-state index contributed by atoms with van der Waals surface area (Å²) in [5.41, 5.74) is 8.63. The smallest absolute Gasteiger partial charge is 0.409 e. The predicted molar refractivity (Wildman–Crippen MR) is 127 cm³/mol. The molecule has 7 heteroatoms. The van der Waals surface area contributed by atoms with E-state index in [9.17, 15) is 14.7 Å². The molecule has 7 nitrogen and oxygen atoms in total. The van der Waals surface area contributed by atoms with Crippen molar-refractivity contribution in [2.24, 2.45) is 5.73 Å². The Kier molecular flexibility index (Phi) is 7.97. The molecular formula is C26H34N2O5. The number of benzene rings is 2. The van der Waals surface area contributed by atoms with Crippen LogP contribution in [0.2, 0.25) is 0 Å². The van der Waals surface area contributed by atoms with Gasteiger partial charge in [-0.1, -0.05) is 36.4 Å². The van der Waals surface area contributed by atoms with E-state index in [-0.39, 0.29) is 18.7 Å². The van der Waals surface area contributed by atoms with Gasteiger partial charge in [-0.15, -0.1) is 0 Å². The molecule has 0 saturated heterocycles. The molecule has 0 atom stereocenters.